The lowest BCUT2D eigenvalue weighted by molar-refractivity contribution is 0.509. The molecule has 0 aliphatic rings. The molecule has 0 spiro atoms. The van der Waals surface area contributed by atoms with Gasteiger partial charge in [-0.1, -0.05) is 11.6 Å². The minimum absolute atomic E-state index is 0.307. The summed E-state index contributed by atoms with van der Waals surface area (Å²) in [4.78, 5) is 0. The van der Waals surface area contributed by atoms with Gasteiger partial charge in [-0.15, -0.1) is 0 Å². The van der Waals surface area contributed by atoms with E-state index in [4.69, 9.17) is 16.0 Å². The SMILES string of the molecule is C[SiH](C)Oc1ccc(Cl)cc1F. The van der Waals surface area contributed by atoms with E-state index in [1.54, 1.807) is 12.1 Å². The minimum atomic E-state index is -1.22. The fourth-order valence-corrected chi connectivity index (χ4v) is 1.68. The Hall–Kier alpha value is -0.543. The molecule has 0 bridgehead atoms. The van der Waals surface area contributed by atoms with Gasteiger partial charge in [0.25, 0.3) is 0 Å². The summed E-state index contributed by atoms with van der Waals surface area (Å²) in [7, 11) is -1.22. The van der Waals surface area contributed by atoms with Crippen molar-refractivity contribution in [2.75, 3.05) is 0 Å². The first-order valence-corrected chi connectivity index (χ1v) is 6.87. The van der Waals surface area contributed by atoms with Gasteiger partial charge < -0.3 is 4.43 Å². The lowest BCUT2D eigenvalue weighted by atomic mass is 10.3. The first-order valence-electron chi connectivity index (χ1n) is 3.71. The predicted molar refractivity (Wildman–Crippen MR) is 50.9 cm³/mol. The summed E-state index contributed by atoms with van der Waals surface area (Å²) in [6, 6.07) is 4.44. The van der Waals surface area contributed by atoms with Crippen LogP contribution in [0.2, 0.25) is 18.1 Å². The Morgan fingerprint density at radius 3 is 2.58 bits per heavy atom. The van der Waals surface area contributed by atoms with Crippen molar-refractivity contribution in [2.45, 2.75) is 13.1 Å². The van der Waals surface area contributed by atoms with E-state index in [0.717, 1.165) is 0 Å². The number of hydrogen-bond acceptors (Lipinski definition) is 1. The summed E-state index contributed by atoms with van der Waals surface area (Å²) in [6.07, 6.45) is 0. The fourth-order valence-electron chi connectivity index (χ4n) is 0.825. The quantitative estimate of drug-likeness (QED) is 0.674. The summed E-state index contributed by atoms with van der Waals surface area (Å²) < 4.78 is 18.3. The molecule has 0 heterocycles. The van der Waals surface area contributed by atoms with Crippen LogP contribution in [0.1, 0.15) is 0 Å². The van der Waals surface area contributed by atoms with Gasteiger partial charge in [0.15, 0.2) is 5.82 Å². The highest BCUT2D eigenvalue weighted by Crippen LogP contribution is 2.21. The number of halogens is 2. The molecule has 12 heavy (non-hydrogen) atoms. The molecule has 0 N–H and O–H groups in total. The second-order valence-electron chi connectivity index (χ2n) is 2.74. The summed E-state index contributed by atoms with van der Waals surface area (Å²) in [6.45, 7) is 3.96. The van der Waals surface area contributed by atoms with Gasteiger partial charge in [-0.3, -0.25) is 0 Å². The Bertz CT molecular complexity index is 278. The maximum absolute atomic E-state index is 13.0. The largest absolute Gasteiger partial charge is 0.545 e. The van der Waals surface area contributed by atoms with Crippen molar-refractivity contribution < 1.29 is 8.82 Å². The molecule has 1 rings (SSSR count). The Morgan fingerprint density at radius 2 is 2.08 bits per heavy atom. The Labute approximate surface area is 77.8 Å². The van der Waals surface area contributed by atoms with Crippen LogP contribution in [0.3, 0.4) is 0 Å². The molecule has 0 unspecified atom stereocenters. The summed E-state index contributed by atoms with van der Waals surface area (Å²) in [5.74, 6) is -0.0789. The van der Waals surface area contributed by atoms with Crippen LogP contribution < -0.4 is 4.43 Å². The monoisotopic (exact) mass is 204 g/mol. The van der Waals surface area contributed by atoms with Crippen molar-refractivity contribution >= 4 is 20.6 Å². The van der Waals surface area contributed by atoms with Crippen molar-refractivity contribution in [3.8, 4) is 5.75 Å². The van der Waals surface area contributed by atoms with E-state index >= 15 is 0 Å². The Balaban J connectivity index is 2.86. The first-order chi connectivity index (χ1) is 5.59. The van der Waals surface area contributed by atoms with E-state index < -0.39 is 9.04 Å². The minimum Gasteiger partial charge on any atom is -0.545 e. The van der Waals surface area contributed by atoms with E-state index in [1.807, 2.05) is 13.1 Å². The molecule has 0 radical (unpaired) electrons. The fraction of sp³-hybridized carbons (Fsp3) is 0.250. The predicted octanol–water partition coefficient (Wildman–Crippen LogP) is 2.84. The molecule has 66 valence electrons. The third kappa shape index (κ3) is 2.50. The number of hydrogen-bond donors (Lipinski definition) is 0. The van der Waals surface area contributed by atoms with Crippen LogP contribution in [0.5, 0.6) is 5.75 Å². The lowest BCUT2D eigenvalue weighted by Gasteiger charge is -2.09. The molecular formula is C8H10ClFOSi. The molecule has 1 aromatic carbocycles. The van der Waals surface area contributed by atoms with Crippen LogP contribution in [0.4, 0.5) is 4.39 Å². The third-order valence-electron chi connectivity index (χ3n) is 1.26. The van der Waals surface area contributed by atoms with Gasteiger partial charge in [0.1, 0.15) is 5.75 Å². The van der Waals surface area contributed by atoms with Gasteiger partial charge in [-0.25, -0.2) is 4.39 Å². The molecule has 4 heteroatoms. The van der Waals surface area contributed by atoms with E-state index in [0.29, 0.717) is 10.8 Å². The van der Waals surface area contributed by atoms with E-state index in [1.165, 1.54) is 6.07 Å². The van der Waals surface area contributed by atoms with Gasteiger partial charge >= 0.3 is 0 Å². The number of benzene rings is 1. The highest BCUT2D eigenvalue weighted by Gasteiger charge is 2.05. The smallest absolute Gasteiger partial charge is 0.229 e. The van der Waals surface area contributed by atoms with Crippen LogP contribution in [-0.4, -0.2) is 9.04 Å². The topological polar surface area (TPSA) is 9.23 Å². The first kappa shape index (κ1) is 9.54. The zero-order chi connectivity index (χ0) is 9.14. The van der Waals surface area contributed by atoms with Gasteiger partial charge in [0.2, 0.25) is 9.04 Å². The summed E-state index contributed by atoms with van der Waals surface area (Å²) in [5.41, 5.74) is 0. The molecule has 0 amide bonds. The Morgan fingerprint density at radius 1 is 1.42 bits per heavy atom. The van der Waals surface area contributed by atoms with Crippen LogP contribution >= 0.6 is 11.6 Å². The Kier molecular flexibility index (Phi) is 3.11. The molecule has 0 aliphatic heterocycles. The van der Waals surface area contributed by atoms with Gasteiger partial charge in [0.05, 0.1) is 0 Å². The van der Waals surface area contributed by atoms with Crippen LogP contribution in [0.25, 0.3) is 0 Å². The van der Waals surface area contributed by atoms with Crippen molar-refractivity contribution in [1.82, 2.24) is 0 Å². The van der Waals surface area contributed by atoms with Crippen LogP contribution in [0.15, 0.2) is 18.2 Å². The second kappa shape index (κ2) is 3.91. The number of rotatable bonds is 2. The second-order valence-corrected chi connectivity index (χ2v) is 5.51. The van der Waals surface area contributed by atoms with Crippen LogP contribution in [0, 0.1) is 5.82 Å². The summed E-state index contributed by atoms with van der Waals surface area (Å²) >= 11 is 5.57. The van der Waals surface area contributed by atoms with E-state index in [2.05, 4.69) is 0 Å². The summed E-state index contributed by atoms with van der Waals surface area (Å²) in [5, 5.41) is 0.394. The molecule has 0 saturated heterocycles. The van der Waals surface area contributed by atoms with Gasteiger partial charge in [-0.2, -0.15) is 0 Å². The maximum atomic E-state index is 13.0. The van der Waals surface area contributed by atoms with E-state index in [-0.39, 0.29) is 5.82 Å². The van der Waals surface area contributed by atoms with Crippen molar-refractivity contribution in [3.05, 3.63) is 29.0 Å². The average Bonchev–Trinajstić information content (AvgIpc) is 1.94. The molecule has 1 nitrogen and oxygen atoms in total. The highest BCUT2D eigenvalue weighted by atomic mass is 35.5. The maximum Gasteiger partial charge on any atom is 0.229 e. The standard InChI is InChI=1S/C8H10ClFOSi/c1-12(2)11-8-4-3-6(9)5-7(8)10/h3-5,12H,1-2H3. The van der Waals surface area contributed by atoms with Gasteiger partial charge in [0, 0.05) is 5.02 Å². The normalized spacial score (nSPS) is 10.4. The molecule has 0 atom stereocenters. The molecular weight excluding hydrogens is 195 g/mol. The average molecular weight is 205 g/mol. The van der Waals surface area contributed by atoms with Crippen LogP contribution in [-0.2, 0) is 0 Å². The van der Waals surface area contributed by atoms with E-state index in [9.17, 15) is 4.39 Å². The van der Waals surface area contributed by atoms with Crippen molar-refractivity contribution in [3.63, 3.8) is 0 Å². The molecule has 0 aliphatic carbocycles. The highest BCUT2D eigenvalue weighted by molar-refractivity contribution is 6.49. The van der Waals surface area contributed by atoms with Crippen molar-refractivity contribution in [2.24, 2.45) is 0 Å². The van der Waals surface area contributed by atoms with Crippen molar-refractivity contribution in [1.29, 1.82) is 0 Å². The van der Waals surface area contributed by atoms with Gasteiger partial charge in [-0.05, 0) is 31.3 Å². The zero-order valence-electron chi connectivity index (χ0n) is 6.97. The molecule has 0 fully saturated rings. The molecule has 0 saturated carbocycles. The molecule has 0 aromatic heterocycles. The zero-order valence-corrected chi connectivity index (χ0v) is 8.88. The molecule has 1 aromatic rings. The lowest BCUT2D eigenvalue weighted by Crippen LogP contribution is -2.12. The third-order valence-corrected chi connectivity index (χ3v) is 2.22.